The van der Waals surface area contributed by atoms with Gasteiger partial charge in [0.2, 0.25) is 0 Å². The third kappa shape index (κ3) is 3.87. The minimum Gasteiger partial charge on any atom is -0.450 e. The molecule has 0 saturated heterocycles. The Morgan fingerprint density at radius 2 is 1.85 bits per heavy atom. The molecule has 1 heterocycles. The first-order chi connectivity index (χ1) is 12.6. The Morgan fingerprint density at radius 3 is 2.62 bits per heavy atom. The van der Waals surface area contributed by atoms with E-state index < -0.39 is 11.8 Å². The smallest absolute Gasteiger partial charge is 0.305 e. The molecule has 1 aromatic heterocycles. The van der Waals surface area contributed by atoms with Crippen molar-refractivity contribution < 1.29 is 18.7 Å². The van der Waals surface area contributed by atoms with Crippen LogP contribution in [0.15, 0.2) is 52.9 Å². The summed E-state index contributed by atoms with van der Waals surface area (Å²) in [6.07, 6.45) is 0. The number of ether oxygens (including phenoxy) is 1. The van der Waals surface area contributed by atoms with Crippen LogP contribution >= 0.6 is 11.6 Å². The van der Waals surface area contributed by atoms with Gasteiger partial charge in [0.1, 0.15) is 5.58 Å². The highest BCUT2D eigenvalue weighted by Gasteiger charge is 2.21. The Kier molecular flexibility index (Phi) is 5.55. The van der Waals surface area contributed by atoms with Crippen molar-refractivity contribution in [3.63, 3.8) is 0 Å². The van der Waals surface area contributed by atoms with E-state index >= 15 is 0 Å². The number of para-hydroxylation sites is 1. The van der Waals surface area contributed by atoms with E-state index in [2.05, 4.69) is 10.9 Å². The Morgan fingerprint density at radius 1 is 1.08 bits per heavy atom. The first-order valence-corrected chi connectivity index (χ1v) is 8.42. The molecule has 26 heavy (non-hydrogen) atoms. The molecule has 0 unspecified atom stereocenters. The van der Waals surface area contributed by atoms with E-state index in [1.807, 2.05) is 25.1 Å². The quantitative estimate of drug-likeness (QED) is 0.669. The van der Waals surface area contributed by atoms with Crippen LogP contribution in [-0.4, -0.2) is 18.4 Å². The summed E-state index contributed by atoms with van der Waals surface area (Å²) in [4.78, 5) is 24.6. The molecular weight excluding hydrogens is 356 g/mol. The molecule has 0 aliphatic carbocycles. The standard InChI is InChI=1S/C19H17ClN2O4/c1-2-25-11-15-14-8-3-4-9-16(14)26-17(15)19(24)22-21-18(23)12-6-5-7-13(20)10-12/h3-10H,2,11H2,1H3,(H,21,23)(H,22,24). The topological polar surface area (TPSA) is 80.6 Å². The van der Waals surface area contributed by atoms with Gasteiger partial charge in [0.05, 0.1) is 6.61 Å². The minimum atomic E-state index is -0.564. The number of furan rings is 1. The van der Waals surface area contributed by atoms with Crippen molar-refractivity contribution in [1.29, 1.82) is 0 Å². The van der Waals surface area contributed by atoms with Crippen LogP contribution in [-0.2, 0) is 11.3 Å². The van der Waals surface area contributed by atoms with Crippen molar-refractivity contribution in [2.45, 2.75) is 13.5 Å². The zero-order valence-corrected chi connectivity index (χ0v) is 14.8. The summed E-state index contributed by atoms with van der Waals surface area (Å²) in [5.74, 6) is -0.944. The average Bonchev–Trinajstić information content (AvgIpc) is 3.02. The predicted octanol–water partition coefficient (Wildman–Crippen LogP) is 3.70. The third-order valence-corrected chi connectivity index (χ3v) is 3.97. The second kappa shape index (κ2) is 8.03. The van der Waals surface area contributed by atoms with E-state index in [0.717, 1.165) is 5.39 Å². The zero-order valence-electron chi connectivity index (χ0n) is 14.0. The van der Waals surface area contributed by atoms with Crippen molar-refractivity contribution in [1.82, 2.24) is 10.9 Å². The molecule has 0 spiro atoms. The number of halogens is 1. The fourth-order valence-corrected chi connectivity index (χ4v) is 2.69. The zero-order chi connectivity index (χ0) is 18.5. The first-order valence-electron chi connectivity index (χ1n) is 8.04. The van der Waals surface area contributed by atoms with Gasteiger partial charge in [-0.15, -0.1) is 0 Å². The van der Waals surface area contributed by atoms with Gasteiger partial charge in [0.25, 0.3) is 5.91 Å². The largest absolute Gasteiger partial charge is 0.450 e. The van der Waals surface area contributed by atoms with E-state index in [0.29, 0.717) is 28.3 Å². The van der Waals surface area contributed by atoms with Crippen LogP contribution < -0.4 is 10.9 Å². The summed E-state index contributed by atoms with van der Waals surface area (Å²) in [6.45, 7) is 2.61. The second-order valence-electron chi connectivity index (χ2n) is 5.46. The van der Waals surface area contributed by atoms with Crippen molar-refractivity contribution in [2.75, 3.05) is 6.61 Å². The number of rotatable bonds is 5. The van der Waals surface area contributed by atoms with E-state index in [9.17, 15) is 9.59 Å². The Hall–Kier alpha value is -2.83. The van der Waals surface area contributed by atoms with E-state index in [-0.39, 0.29) is 12.4 Å². The van der Waals surface area contributed by atoms with Gasteiger partial charge in [0, 0.05) is 28.1 Å². The summed E-state index contributed by atoms with van der Waals surface area (Å²) >= 11 is 5.87. The lowest BCUT2D eigenvalue weighted by atomic mass is 10.1. The number of hydrogen-bond donors (Lipinski definition) is 2. The van der Waals surface area contributed by atoms with Crippen LogP contribution in [0.3, 0.4) is 0 Å². The number of nitrogens with one attached hydrogen (secondary N) is 2. The van der Waals surface area contributed by atoms with Gasteiger partial charge in [-0.3, -0.25) is 20.4 Å². The maximum Gasteiger partial charge on any atom is 0.305 e. The normalized spacial score (nSPS) is 10.7. The molecule has 0 saturated carbocycles. The Bertz CT molecular complexity index is 952. The maximum atomic E-state index is 12.5. The van der Waals surface area contributed by atoms with Crippen molar-refractivity contribution >= 4 is 34.4 Å². The fourth-order valence-electron chi connectivity index (χ4n) is 2.50. The van der Waals surface area contributed by atoms with E-state index in [1.165, 1.54) is 6.07 Å². The highest BCUT2D eigenvalue weighted by molar-refractivity contribution is 6.31. The van der Waals surface area contributed by atoms with Crippen LogP contribution in [0, 0.1) is 0 Å². The Balaban J connectivity index is 1.78. The third-order valence-electron chi connectivity index (χ3n) is 3.73. The van der Waals surface area contributed by atoms with Gasteiger partial charge < -0.3 is 9.15 Å². The molecule has 0 aliphatic rings. The number of carbonyl (C=O) groups is 2. The maximum absolute atomic E-state index is 12.5. The van der Waals surface area contributed by atoms with Crippen LogP contribution in [0.25, 0.3) is 11.0 Å². The highest BCUT2D eigenvalue weighted by Crippen LogP contribution is 2.26. The van der Waals surface area contributed by atoms with Gasteiger partial charge >= 0.3 is 5.91 Å². The lowest BCUT2D eigenvalue weighted by molar-refractivity contribution is 0.0825. The number of hydrazine groups is 1. The molecule has 2 aromatic carbocycles. The average molecular weight is 373 g/mol. The van der Waals surface area contributed by atoms with Crippen LogP contribution in [0.5, 0.6) is 0 Å². The minimum absolute atomic E-state index is 0.103. The molecule has 2 N–H and O–H groups in total. The lowest BCUT2D eigenvalue weighted by Gasteiger charge is -2.08. The van der Waals surface area contributed by atoms with Gasteiger partial charge in [-0.25, -0.2) is 0 Å². The molecule has 0 aliphatic heterocycles. The highest BCUT2D eigenvalue weighted by atomic mass is 35.5. The number of fused-ring (bicyclic) bond motifs is 1. The van der Waals surface area contributed by atoms with Crippen LogP contribution in [0.1, 0.15) is 33.4 Å². The van der Waals surface area contributed by atoms with Gasteiger partial charge in [-0.05, 0) is 31.2 Å². The van der Waals surface area contributed by atoms with Gasteiger partial charge in [0.15, 0.2) is 5.76 Å². The summed E-state index contributed by atoms with van der Waals surface area (Å²) in [5, 5.41) is 1.23. The Labute approximate surface area is 155 Å². The summed E-state index contributed by atoms with van der Waals surface area (Å²) in [6, 6.07) is 13.7. The summed E-state index contributed by atoms with van der Waals surface area (Å²) < 4.78 is 11.1. The van der Waals surface area contributed by atoms with Crippen molar-refractivity contribution in [3.05, 3.63) is 70.4 Å². The molecule has 6 nitrogen and oxygen atoms in total. The molecule has 3 aromatic rings. The molecule has 0 bridgehead atoms. The molecule has 0 atom stereocenters. The molecule has 134 valence electrons. The summed E-state index contributed by atoms with van der Waals surface area (Å²) in [7, 11) is 0. The van der Waals surface area contributed by atoms with Crippen LogP contribution in [0.2, 0.25) is 5.02 Å². The van der Waals surface area contributed by atoms with Crippen LogP contribution in [0.4, 0.5) is 0 Å². The second-order valence-corrected chi connectivity index (χ2v) is 5.90. The summed E-state index contributed by atoms with van der Waals surface area (Å²) in [5.41, 5.74) is 6.26. The number of benzene rings is 2. The number of carbonyl (C=O) groups excluding carboxylic acids is 2. The molecule has 0 radical (unpaired) electrons. The van der Waals surface area contributed by atoms with E-state index in [1.54, 1.807) is 24.3 Å². The predicted molar refractivity (Wildman–Crippen MR) is 97.9 cm³/mol. The fraction of sp³-hybridized carbons (Fsp3) is 0.158. The van der Waals surface area contributed by atoms with Crippen molar-refractivity contribution in [3.8, 4) is 0 Å². The van der Waals surface area contributed by atoms with Gasteiger partial charge in [-0.1, -0.05) is 35.9 Å². The number of hydrogen-bond acceptors (Lipinski definition) is 4. The van der Waals surface area contributed by atoms with Crippen molar-refractivity contribution in [2.24, 2.45) is 0 Å². The van der Waals surface area contributed by atoms with Gasteiger partial charge in [-0.2, -0.15) is 0 Å². The molecular formula is C19H17ClN2O4. The molecule has 2 amide bonds. The first kappa shape index (κ1) is 18.0. The molecule has 3 rings (SSSR count). The SMILES string of the molecule is CCOCc1c(C(=O)NNC(=O)c2cccc(Cl)c2)oc2ccccc12. The lowest BCUT2D eigenvalue weighted by Crippen LogP contribution is -2.41. The van der Waals surface area contributed by atoms with E-state index in [4.69, 9.17) is 20.8 Å². The monoisotopic (exact) mass is 372 g/mol. The number of amides is 2. The molecule has 0 fully saturated rings. The molecule has 7 heteroatoms.